The molecule has 0 N–H and O–H groups in total. The molecule has 2 aromatic carbocycles. The minimum atomic E-state index is -3.84. The second-order valence-electron chi connectivity index (χ2n) is 7.45. The quantitative estimate of drug-likeness (QED) is 0.699. The zero-order chi connectivity index (χ0) is 21.9. The van der Waals surface area contributed by atoms with Crippen molar-refractivity contribution >= 4 is 27.5 Å². The molecule has 9 heteroatoms. The van der Waals surface area contributed by atoms with Gasteiger partial charge < -0.3 is 9.80 Å². The average Bonchev–Trinajstić information content (AvgIpc) is 2.73. The number of hydrogen-bond donors (Lipinski definition) is 0. The van der Waals surface area contributed by atoms with Crippen LogP contribution >= 0.6 is 0 Å². The maximum absolute atomic E-state index is 14.0. The monoisotopic (exact) mass is 434 g/mol. The predicted molar refractivity (Wildman–Crippen MR) is 116 cm³/mol. The highest BCUT2D eigenvalue weighted by Gasteiger charge is 2.30. The smallest absolute Gasteiger partial charge is 0.304 e. The molecule has 2 aromatic rings. The first kappa shape index (κ1) is 22.0. The van der Waals surface area contributed by atoms with E-state index in [0.29, 0.717) is 37.6 Å². The minimum Gasteiger partial charge on any atom is -0.366 e. The van der Waals surface area contributed by atoms with Crippen molar-refractivity contribution in [1.29, 1.82) is 0 Å². The number of piperazine rings is 1. The highest BCUT2D eigenvalue weighted by molar-refractivity contribution is 7.90. The van der Waals surface area contributed by atoms with Crippen LogP contribution in [0.3, 0.4) is 0 Å². The Kier molecular flexibility index (Phi) is 6.62. The van der Waals surface area contributed by atoms with Crippen LogP contribution in [0.1, 0.15) is 5.56 Å². The third kappa shape index (κ3) is 4.73. The van der Waals surface area contributed by atoms with Crippen molar-refractivity contribution in [2.45, 2.75) is 6.92 Å². The first-order valence-electron chi connectivity index (χ1n) is 9.74. The van der Waals surface area contributed by atoms with Crippen molar-refractivity contribution in [1.82, 2.24) is 9.21 Å². The normalized spacial score (nSPS) is 14.8. The van der Waals surface area contributed by atoms with Crippen molar-refractivity contribution in [3.8, 4) is 0 Å². The van der Waals surface area contributed by atoms with Gasteiger partial charge in [-0.1, -0.05) is 29.8 Å². The number of hydrogen-bond acceptors (Lipinski definition) is 4. The van der Waals surface area contributed by atoms with Crippen LogP contribution in [0, 0.1) is 12.7 Å². The number of para-hydroxylation sites is 1. The Morgan fingerprint density at radius 3 is 2.17 bits per heavy atom. The Balaban J connectivity index is 1.72. The second-order valence-corrected chi connectivity index (χ2v) is 9.52. The Hall–Kier alpha value is -2.65. The molecule has 0 saturated carbocycles. The molecule has 0 aromatic heterocycles. The van der Waals surface area contributed by atoms with Crippen molar-refractivity contribution in [2.24, 2.45) is 0 Å². The third-order valence-corrected chi connectivity index (χ3v) is 6.99. The van der Waals surface area contributed by atoms with Crippen LogP contribution in [0.2, 0.25) is 0 Å². The van der Waals surface area contributed by atoms with Gasteiger partial charge in [0.15, 0.2) is 0 Å². The van der Waals surface area contributed by atoms with E-state index in [-0.39, 0.29) is 18.3 Å². The molecule has 0 bridgehead atoms. The van der Waals surface area contributed by atoms with Gasteiger partial charge in [-0.15, -0.1) is 0 Å². The summed E-state index contributed by atoms with van der Waals surface area (Å²) in [6.07, 6.45) is 0. The Morgan fingerprint density at radius 2 is 1.60 bits per heavy atom. The summed E-state index contributed by atoms with van der Waals surface area (Å²) in [5.74, 6) is -0.575. The fourth-order valence-electron chi connectivity index (χ4n) is 3.34. The molecule has 30 heavy (non-hydrogen) atoms. The van der Waals surface area contributed by atoms with Crippen LogP contribution < -0.4 is 9.21 Å². The van der Waals surface area contributed by atoms with E-state index in [4.69, 9.17) is 0 Å². The summed E-state index contributed by atoms with van der Waals surface area (Å²) in [5.41, 5.74) is 1.95. The molecule has 1 fully saturated rings. The molecule has 1 heterocycles. The SMILES string of the molecule is Cc1ccc(N(CC(=O)N2CCN(c3ccccc3F)CC2)S(=O)(=O)N(C)C)cc1. The third-order valence-electron chi connectivity index (χ3n) is 5.17. The maximum atomic E-state index is 14.0. The summed E-state index contributed by atoms with van der Waals surface area (Å²) >= 11 is 0. The fraction of sp³-hybridized carbons (Fsp3) is 0.381. The van der Waals surface area contributed by atoms with Gasteiger partial charge in [-0.25, -0.2) is 8.70 Å². The number of carbonyl (C=O) groups is 1. The first-order chi connectivity index (χ1) is 14.2. The van der Waals surface area contributed by atoms with E-state index >= 15 is 0 Å². The van der Waals surface area contributed by atoms with Gasteiger partial charge in [0.1, 0.15) is 12.4 Å². The molecule has 1 saturated heterocycles. The fourth-order valence-corrected chi connectivity index (χ4v) is 4.40. The highest BCUT2D eigenvalue weighted by Crippen LogP contribution is 2.22. The van der Waals surface area contributed by atoms with Crippen LogP contribution in [0.5, 0.6) is 0 Å². The van der Waals surface area contributed by atoms with E-state index in [9.17, 15) is 17.6 Å². The van der Waals surface area contributed by atoms with Gasteiger partial charge in [0.2, 0.25) is 5.91 Å². The summed E-state index contributed by atoms with van der Waals surface area (Å²) in [4.78, 5) is 16.5. The molecule has 0 atom stereocenters. The van der Waals surface area contributed by atoms with Gasteiger partial charge >= 0.3 is 10.2 Å². The lowest BCUT2D eigenvalue weighted by Crippen LogP contribution is -2.53. The number of amides is 1. The van der Waals surface area contributed by atoms with Gasteiger partial charge in [-0.3, -0.25) is 4.79 Å². The lowest BCUT2D eigenvalue weighted by Gasteiger charge is -2.37. The maximum Gasteiger partial charge on any atom is 0.304 e. The molecule has 162 valence electrons. The van der Waals surface area contributed by atoms with Gasteiger partial charge in [-0.2, -0.15) is 12.7 Å². The van der Waals surface area contributed by atoms with Crippen LogP contribution in [0.4, 0.5) is 15.8 Å². The molecule has 1 aliphatic heterocycles. The molecule has 0 aliphatic carbocycles. The average molecular weight is 435 g/mol. The number of aryl methyl sites for hydroxylation is 1. The number of halogens is 1. The van der Waals surface area contributed by atoms with E-state index in [0.717, 1.165) is 14.2 Å². The molecule has 3 rings (SSSR count). The molecule has 1 amide bonds. The molecule has 7 nitrogen and oxygen atoms in total. The van der Waals surface area contributed by atoms with Gasteiger partial charge in [0.25, 0.3) is 0 Å². The zero-order valence-corrected chi connectivity index (χ0v) is 18.3. The Bertz CT molecular complexity index is 988. The molecule has 1 aliphatic rings. The number of anilines is 2. The highest BCUT2D eigenvalue weighted by atomic mass is 32.2. The van der Waals surface area contributed by atoms with Gasteiger partial charge in [-0.05, 0) is 31.2 Å². The van der Waals surface area contributed by atoms with Crippen LogP contribution in [-0.2, 0) is 15.0 Å². The van der Waals surface area contributed by atoms with Crippen molar-refractivity contribution in [2.75, 3.05) is 56.0 Å². The summed E-state index contributed by atoms with van der Waals surface area (Å²) < 4.78 is 41.9. The summed E-state index contributed by atoms with van der Waals surface area (Å²) in [6, 6.07) is 13.6. The Morgan fingerprint density at radius 1 is 1.00 bits per heavy atom. The summed E-state index contributed by atoms with van der Waals surface area (Å²) in [7, 11) is -0.961. The predicted octanol–water partition coefficient (Wildman–Crippen LogP) is 2.10. The van der Waals surface area contributed by atoms with Crippen LogP contribution in [-0.4, -0.2) is 70.3 Å². The zero-order valence-electron chi connectivity index (χ0n) is 17.5. The van der Waals surface area contributed by atoms with Crippen molar-refractivity contribution in [3.63, 3.8) is 0 Å². The second kappa shape index (κ2) is 9.01. The molecule has 0 radical (unpaired) electrons. The topological polar surface area (TPSA) is 64.2 Å². The van der Waals surface area contributed by atoms with Gasteiger partial charge in [0, 0.05) is 40.3 Å². The van der Waals surface area contributed by atoms with Gasteiger partial charge in [0.05, 0.1) is 11.4 Å². The van der Waals surface area contributed by atoms with E-state index in [1.807, 2.05) is 24.0 Å². The lowest BCUT2D eigenvalue weighted by molar-refractivity contribution is -0.129. The van der Waals surface area contributed by atoms with E-state index in [1.54, 1.807) is 35.2 Å². The molecule has 0 unspecified atom stereocenters. The molecular formula is C21H27FN4O3S. The molecular weight excluding hydrogens is 407 g/mol. The van der Waals surface area contributed by atoms with Crippen molar-refractivity contribution in [3.05, 3.63) is 59.9 Å². The number of nitrogens with zero attached hydrogens (tertiary/aromatic N) is 4. The van der Waals surface area contributed by atoms with E-state index in [2.05, 4.69) is 0 Å². The molecule has 0 spiro atoms. The van der Waals surface area contributed by atoms with E-state index < -0.39 is 10.2 Å². The summed E-state index contributed by atoms with van der Waals surface area (Å²) in [5, 5.41) is 0. The largest absolute Gasteiger partial charge is 0.366 e. The lowest BCUT2D eigenvalue weighted by atomic mass is 10.2. The van der Waals surface area contributed by atoms with Crippen LogP contribution in [0.15, 0.2) is 48.5 Å². The first-order valence-corrected chi connectivity index (χ1v) is 11.1. The minimum absolute atomic E-state index is 0.283. The number of rotatable bonds is 6. The Labute approximate surface area is 177 Å². The standard InChI is InChI=1S/C21H27FN4O3S/c1-17-8-10-18(11-9-17)26(30(28,29)23(2)3)16-21(27)25-14-12-24(13-15-25)20-7-5-4-6-19(20)22/h4-11H,12-16H2,1-3H3. The van der Waals surface area contributed by atoms with E-state index in [1.165, 1.54) is 20.2 Å². The van der Waals surface area contributed by atoms with Crippen LogP contribution in [0.25, 0.3) is 0 Å². The van der Waals surface area contributed by atoms with Crippen molar-refractivity contribution < 1.29 is 17.6 Å². The number of carbonyl (C=O) groups excluding carboxylic acids is 1. The number of benzene rings is 2. The summed E-state index contributed by atoms with van der Waals surface area (Å²) in [6.45, 7) is 3.39.